The minimum absolute atomic E-state index is 0.102. The number of carbonyl (C=O) groups excluding carboxylic acids is 1. The summed E-state index contributed by atoms with van der Waals surface area (Å²) in [6, 6.07) is 0.943. The Bertz CT molecular complexity index is 574. The third kappa shape index (κ3) is 4.14. The highest BCUT2D eigenvalue weighted by Crippen LogP contribution is 2.09. The Hall–Kier alpha value is -1.74. The van der Waals surface area contributed by atoms with E-state index in [0.717, 1.165) is 16.6 Å². The fourth-order valence-electron chi connectivity index (χ4n) is 1.20. The van der Waals surface area contributed by atoms with E-state index in [1.807, 2.05) is 0 Å². The van der Waals surface area contributed by atoms with Crippen LogP contribution in [-0.2, 0) is 10.0 Å². The fourth-order valence-corrected chi connectivity index (χ4v) is 1.93. The van der Waals surface area contributed by atoms with Crippen LogP contribution in [0.25, 0.3) is 0 Å². The normalized spacial score (nSPS) is 11.6. The molecular formula is C10H15FN4O3S. The van der Waals surface area contributed by atoms with Gasteiger partial charge in [0.1, 0.15) is 11.6 Å². The molecule has 1 amide bonds. The number of halogens is 1. The molecule has 0 radical (unpaired) electrons. The molecule has 1 heterocycles. The molecule has 0 saturated carbocycles. The lowest BCUT2D eigenvalue weighted by Gasteiger charge is -2.11. The number of anilines is 1. The summed E-state index contributed by atoms with van der Waals surface area (Å²) in [5.74, 6) is -1.73. The summed E-state index contributed by atoms with van der Waals surface area (Å²) in [4.78, 5) is 15.2. The van der Waals surface area contributed by atoms with Crippen LogP contribution in [0.1, 0.15) is 10.4 Å². The minimum atomic E-state index is -3.40. The highest BCUT2D eigenvalue weighted by molar-refractivity contribution is 7.89. The first-order valence-electron chi connectivity index (χ1n) is 5.33. The maximum atomic E-state index is 12.9. The summed E-state index contributed by atoms with van der Waals surface area (Å²) in [5.41, 5.74) is 5.31. The molecule has 0 aromatic carbocycles. The molecule has 19 heavy (non-hydrogen) atoms. The largest absolute Gasteiger partial charge is 0.383 e. The quantitative estimate of drug-likeness (QED) is 0.755. The van der Waals surface area contributed by atoms with Crippen molar-refractivity contribution in [1.82, 2.24) is 14.6 Å². The zero-order valence-electron chi connectivity index (χ0n) is 10.6. The van der Waals surface area contributed by atoms with Crippen molar-refractivity contribution < 1.29 is 17.6 Å². The first-order valence-corrected chi connectivity index (χ1v) is 6.94. The molecule has 1 aromatic rings. The fraction of sp³-hybridized carbons (Fsp3) is 0.400. The molecule has 0 spiro atoms. The number of carbonyl (C=O) groups is 1. The summed E-state index contributed by atoms with van der Waals surface area (Å²) in [5, 5.41) is 2.35. The number of nitrogens with two attached hydrogens (primary N) is 1. The highest BCUT2D eigenvalue weighted by atomic mass is 32.2. The van der Waals surface area contributed by atoms with Crippen LogP contribution in [0.2, 0.25) is 0 Å². The Morgan fingerprint density at radius 1 is 1.53 bits per heavy atom. The van der Waals surface area contributed by atoms with Gasteiger partial charge in [0.15, 0.2) is 0 Å². The average Bonchev–Trinajstić information content (AvgIpc) is 2.31. The van der Waals surface area contributed by atoms with Gasteiger partial charge >= 0.3 is 0 Å². The van der Waals surface area contributed by atoms with Crippen molar-refractivity contribution in [2.45, 2.75) is 0 Å². The van der Waals surface area contributed by atoms with Crippen LogP contribution in [0.4, 0.5) is 10.2 Å². The number of nitrogens with one attached hydrogen (secondary N) is 1. The van der Waals surface area contributed by atoms with Crippen molar-refractivity contribution in [2.75, 3.05) is 32.1 Å². The average molecular weight is 290 g/mol. The van der Waals surface area contributed by atoms with E-state index in [2.05, 4.69) is 10.3 Å². The Morgan fingerprint density at radius 2 is 2.16 bits per heavy atom. The van der Waals surface area contributed by atoms with E-state index in [9.17, 15) is 17.6 Å². The van der Waals surface area contributed by atoms with Gasteiger partial charge in [0.05, 0.1) is 17.5 Å². The predicted octanol–water partition coefficient (Wildman–Crippen LogP) is -0.576. The van der Waals surface area contributed by atoms with Gasteiger partial charge in [0.25, 0.3) is 5.91 Å². The molecule has 3 N–H and O–H groups in total. The summed E-state index contributed by atoms with van der Waals surface area (Å²) in [7, 11) is -0.608. The topological polar surface area (TPSA) is 105 Å². The van der Waals surface area contributed by atoms with Crippen LogP contribution < -0.4 is 11.1 Å². The Balaban J connectivity index is 2.64. The zero-order valence-corrected chi connectivity index (χ0v) is 11.4. The van der Waals surface area contributed by atoms with Gasteiger partial charge in [0.2, 0.25) is 10.0 Å². The van der Waals surface area contributed by atoms with Crippen LogP contribution in [0, 0.1) is 5.82 Å². The molecule has 9 heteroatoms. The first kappa shape index (κ1) is 15.3. The molecule has 0 aliphatic heterocycles. The molecule has 0 saturated heterocycles. The van der Waals surface area contributed by atoms with Crippen LogP contribution in [0.3, 0.4) is 0 Å². The molecule has 0 unspecified atom stereocenters. The van der Waals surface area contributed by atoms with Gasteiger partial charge in [-0.15, -0.1) is 0 Å². The van der Waals surface area contributed by atoms with Crippen molar-refractivity contribution in [3.05, 3.63) is 23.6 Å². The van der Waals surface area contributed by atoms with E-state index < -0.39 is 21.7 Å². The number of nitrogens with zero attached hydrogens (tertiary/aromatic N) is 2. The number of sulfonamides is 1. The van der Waals surface area contributed by atoms with Gasteiger partial charge in [0, 0.05) is 20.6 Å². The number of hydrogen-bond acceptors (Lipinski definition) is 5. The van der Waals surface area contributed by atoms with E-state index >= 15 is 0 Å². The molecule has 0 fully saturated rings. The molecule has 0 aliphatic carbocycles. The van der Waals surface area contributed by atoms with Crippen LogP contribution in [0.5, 0.6) is 0 Å². The van der Waals surface area contributed by atoms with Gasteiger partial charge < -0.3 is 11.1 Å². The molecule has 0 atom stereocenters. The summed E-state index contributed by atoms with van der Waals surface area (Å²) >= 11 is 0. The number of aromatic nitrogens is 1. The van der Waals surface area contributed by atoms with Crippen LogP contribution in [0.15, 0.2) is 12.3 Å². The van der Waals surface area contributed by atoms with Crippen molar-refractivity contribution in [3.63, 3.8) is 0 Å². The van der Waals surface area contributed by atoms with E-state index in [-0.39, 0.29) is 23.7 Å². The van der Waals surface area contributed by atoms with Gasteiger partial charge in [-0.25, -0.2) is 22.1 Å². The SMILES string of the molecule is CN(C)S(=O)(=O)CCNC(=O)c1cc(F)cnc1N. The maximum absolute atomic E-state index is 12.9. The molecular weight excluding hydrogens is 275 g/mol. The molecule has 7 nitrogen and oxygen atoms in total. The minimum Gasteiger partial charge on any atom is -0.383 e. The Morgan fingerprint density at radius 3 is 2.74 bits per heavy atom. The number of hydrogen-bond donors (Lipinski definition) is 2. The van der Waals surface area contributed by atoms with E-state index in [0.29, 0.717) is 0 Å². The third-order valence-electron chi connectivity index (χ3n) is 2.33. The second-order valence-electron chi connectivity index (χ2n) is 3.94. The maximum Gasteiger partial charge on any atom is 0.255 e. The summed E-state index contributed by atoms with van der Waals surface area (Å²) < 4.78 is 36.9. The van der Waals surface area contributed by atoms with Crippen LogP contribution >= 0.6 is 0 Å². The van der Waals surface area contributed by atoms with E-state index in [4.69, 9.17) is 5.73 Å². The number of pyridine rings is 1. The standard InChI is InChI=1S/C10H15FN4O3S/c1-15(2)19(17,18)4-3-13-10(16)8-5-7(11)6-14-9(8)12/h5-6H,3-4H2,1-2H3,(H2,12,14)(H,13,16). The smallest absolute Gasteiger partial charge is 0.255 e. The highest BCUT2D eigenvalue weighted by Gasteiger charge is 2.16. The molecule has 106 valence electrons. The first-order chi connectivity index (χ1) is 8.74. The number of amides is 1. The van der Waals surface area contributed by atoms with Gasteiger partial charge in [-0.3, -0.25) is 4.79 Å². The van der Waals surface area contributed by atoms with Crippen molar-refractivity contribution in [1.29, 1.82) is 0 Å². The predicted molar refractivity (Wildman–Crippen MR) is 68.4 cm³/mol. The number of nitrogen functional groups attached to an aromatic ring is 1. The van der Waals surface area contributed by atoms with Gasteiger partial charge in [-0.1, -0.05) is 0 Å². The Kier molecular flexibility index (Phi) is 4.78. The molecule has 0 aliphatic rings. The second-order valence-corrected chi connectivity index (χ2v) is 6.24. The second kappa shape index (κ2) is 5.93. The van der Waals surface area contributed by atoms with Crippen LogP contribution in [-0.4, -0.2) is 50.0 Å². The lowest BCUT2D eigenvalue weighted by Crippen LogP contribution is -2.34. The zero-order chi connectivity index (χ0) is 14.6. The molecule has 1 aromatic heterocycles. The van der Waals surface area contributed by atoms with E-state index in [1.54, 1.807) is 0 Å². The summed E-state index contributed by atoms with van der Waals surface area (Å²) in [6.07, 6.45) is 0.891. The number of rotatable bonds is 5. The lowest BCUT2D eigenvalue weighted by atomic mass is 10.2. The Labute approximate surface area is 110 Å². The molecule has 1 rings (SSSR count). The summed E-state index contributed by atoms with van der Waals surface area (Å²) in [6.45, 7) is -0.102. The monoisotopic (exact) mass is 290 g/mol. The lowest BCUT2D eigenvalue weighted by molar-refractivity contribution is 0.0956. The third-order valence-corrected chi connectivity index (χ3v) is 4.16. The van der Waals surface area contributed by atoms with Gasteiger partial charge in [-0.2, -0.15) is 0 Å². The van der Waals surface area contributed by atoms with Gasteiger partial charge in [-0.05, 0) is 6.07 Å². The van der Waals surface area contributed by atoms with Crippen molar-refractivity contribution in [2.24, 2.45) is 0 Å². The molecule has 0 bridgehead atoms. The van der Waals surface area contributed by atoms with E-state index in [1.165, 1.54) is 14.1 Å². The van der Waals surface area contributed by atoms with Crippen molar-refractivity contribution >= 4 is 21.7 Å². The van der Waals surface area contributed by atoms with Crippen molar-refractivity contribution in [3.8, 4) is 0 Å².